The van der Waals surface area contributed by atoms with Gasteiger partial charge in [0.1, 0.15) is 11.6 Å². The molecule has 1 N–H and O–H groups in total. The molecule has 0 spiro atoms. The van der Waals surface area contributed by atoms with Crippen LogP contribution in [0.3, 0.4) is 0 Å². The van der Waals surface area contributed by atoms with Crippen molar-refractivity contribution >= 4 is 5.97 Å². The molecule has 0 aliphatic rings. The van der Waals surface area contributed by atoms with Crippen molar-refractivity contribution in [1.29, 1.82) is 0 Å². The fraction of sp³-hybridized carbons (Fsp3) is 0.0909. The third kappa shape index (κ3) is 2.15. The first-order chi connectivity index (χ1) is 8.09. The Labute approximate surface area is 95.1 Å². The van der Waals surface area contributed by atoms with Gasteiger partial charge in [0.2, 0.25) is 0 Å². The molecule has 0 amide bonds. The molecule has 1 unspecified atom stereocenters. The van der Waals surface area contributed by atoms with Crippen molar-refractivity contribution in [2.75, 3.05) is 0 Å². The van der Waals surface area contributed by atoms with Gasteiger partial charge in [0.05, 0.1) is 0 Å². The smallest absolute Gasteiger partial charge is 0.333 e. The Kier molecular flexibility index (Phi) is 2.86. The highest BCUT2D eigenvalue weighted by atomic mass is 19.1. The molecular weight excluding hydrogens is 230 g/mol. The number of aliphatic carboxylic acids is 1. The highest BCUT2D eigenvalue weighted by Gasteiger charge is 2.25. The predicted molar refractivity (Wildman–Crippen MR) is 54.4 cm³/mol. The number of carbonyl (C=O) groups is 1. The van der Waals surface area contributed by atoms with Gasteiger partial charge < -0.3 is 5.11 Å². The van der Waals surface area contributed by atoms with Crippen molar-refractivity contribution in [3.8, 4) is 0 Å². The molecule has 0 bridgehead atoms. The molecule has 6 heteroatoms. The van der Waals surface area contributed by atoms with Crippen LogP contribution >= 0.6 is 0 Å². The van der Waals surface area contributed by atoms with Crippen LogP contribution in [-0.4, -0.2) is 20.9 Å². The van der Waals surface area contributed by atoms with E-state index in [0.29, 0.717) is 6.07 Å². The molecule has 1 atom stereocenters. The molecule has 0 saturated carbocycles. The van der Waals surface area contributed by atoms with E-state index in [2.05, 4.69) is 5.10 Å². The summed E-state index contributed by atoms with van der Waals surface area (Å²) in [5.41, 5.74) is -0.136. The number of halogens is 2. The van der Waals surface area contributed by atoms with E-state index < -0.39 is 23.6 Å². The number of hydrogen-bond donors (Lipinski definition) is 1. The maximum Gasteiger partial charge on any atom is 0.333 e. The summed E-state index contributed by atoms with van der Waals surface area (Å²) in [5, 5.41) is 12.8. The lowest BCUT2D eigenvalue weighted by Crippen LogP contribution is -2.22. The molecular formula is C11H8F2N2O2. The zero-order chi connectivity index (χ0) is 12.4. The van der Waals surface area contributed by atoms with Gasteiger partial charge in [0.25, 0.3) is 0 Å². The van der Waals surface area contributed by atoms with E-state index in [-0.39, 0.29) is 5.56 Å². The van der Waals surface area contributed by atoms with Crippen LogP contribution in [0.1, 0.15) is 11.6 Å². The number of nitrogens with zero attached hydrogens (tertiary/aromatic N) is 2. The summed E-state index contributed by atoms with van der Waals surface area (Å²) >= 11 is 0. The van der Waals surface area contributed by atoms with Gasteiger partial charge in [-0.3, -0.25) is 4.68 Å². The summed E-state index contributed by atoms with van der Waals surface area (Å²) in [6.07, 6.45) is 2.79. The summed E-state index contributed by atoms with van der Waals surface area (Å²) in [6, 6.07) is 2.99. The number of carboxylic acid groups (broad SMARTS) is 1. The fourth-order valence-electron chi connectivity index (χ4n) is 1.55. The first-order valence-electron chi connectivity index (χ1n) is 4.76. The second-order valence-corrected chi connectivity index (χ2v) is 3.39. The molecule has 0 aliphatic carbocycles. The summed E-state index contributed by atoms with van der Waals surface area (Å²) in [5.74, 6) is -2.93. The predicted octanol–water partition coefficient (Wildman–Crippen LogP) is 1.84. The van der Waals surface area contributed by atoms with Crippen molar-refractivity contribution in [2.24, 2.45) is 0 Å². The first-order valence-corrected chi connectivity index (χ1v) is 4.76. The molecule has 0 aliphatic heterocycles. The van der Waals surface area contributed by atoms with Gasteiger partial charge in [-0.1, -0.05) is 6.07 Å². The highest BCUT2D eigenvalue weighted by Crippen LogP contribution is 2.21. The molecule has 2 aromatic rings. The molecule has 1 aromatic heterocycles. The lowest BCUT2D eigenvalue weighted by atomic mass is 10.1. The third-order valence-corrected chi connectivity index (χ3v) is 2.28. The summed E-state index contributed by atoms with van der Waals surface area (Å²) in [6.45, 7) is 0. The highest BCUT2D eigenvalue weighted by molar-refractivity contribution is 5.75. The largest absolute Gasteiger partial charge is 0.479 e. The Morgan fingerprint density at radius 1 is 1.41 bits per heavy atom. The van der Waals surface area contributed by atoms with Gasteiger partial charge in [-0.05, 0) is 12.1 Å². The Balaban J connectivity index is 2.51. The van der Waals surface area contributed by atoms with E-state index in [1.165, 1.54) is 18.5 Å². The van der Waals surface area contributed by atoms with E-state index in [0.717, 1.165) is 16.8 Å². The van der Waals surface area contributed by atoms with Gasteiger partial charge in [0.15, 0.2) is 6.04 Å². The van der Waals surface area contributed by atoms with Gasteiger partial charge in [-0.25, -0.2) is 13.6 Å². The van der Waals surface area contributed by atoms with Crippen LogP contribution in [0.2, 0.25) is 0 Å². The molecule has 0 saturated heterocycles. The van der Waals surface area contributed by atoms with Gasteiger partial charge in [-0.15, -0.1) is 0 Å². The van der Waals surface area contributed by atoms with Crippen molar-refractivity contribution in [3.05, 3.63) is 53.9 Å². The molecule has 17 heavy (non-hydrogen) atoms. The van der Waals surface area contributed by atoms with Crippen molar-refractivity contribution < 1.29 is 18.7 Å². The van der Waals surface area contributed by atoms with Crippen molar-refractivity contribution in [3.63, 3.8) is 0 Å². The maximum absolute atomic E-state index is 13.5. The molecule has 4 nitrogen and oxygen atoms in total. The van der Waals surface area contributed by atoms with Crippen LogP contribution in [0.4, 0.5) is 8.78 Å². The van der Waals surface area contributed by atoms with Crippen molar-refractivity contribution in [1.82, 2.24) is 9.78 Å². The standard InChI is InChI=1S/C11H8F2N2O2/c12-7-2-3-8(9(13)6-7)10(11(16)17)15-5-1-4-14-15/h1-6,10H,(H,16,17). The summed E-state index contributed by atoms with van der Waals surface area (Å²) < 4.78 is 27.3. The lowest BCUT2D eigenvalue weighted by molar-refractivity contribution is -0.139. The second kappa shape index (κ2) is 4.32. The number of benzene rings is 1. The third-order valence-electron chi connectivity index (χ3n) is 2.28. The second-order valence-electron chi connectivity index (χ2n) is 3.39. The molecule has 1 heterocycles. The average molecular weight is 238 g/mol. The fourth-order valence-corrected chi connectivity index (χ4v) is 1.55. The number of aromatic nitrogens is 2. The average Bonchev–Trinajstić information content (AvgIpc) is 2.74. The van der Waals surface area contributed by atoms with Crippen molar-refractivity contribution in [2.45, 2.75) is 6.04 Å². The van der Waals surface area contributed by atoms with Gasteiger partial charge >= 0.3 is 5.97 Å². The zero-order valence-corrected chi connectivity index (χ0v) is 8.55. The minimum absolute atomic E-state index is 0.136. The first kappa shape index (κ1) is 11.3. The van der Waals surface area contributed by atoms with Crippen LogP contribution < -0.4 is 0 Å². The Bertz CT molecular complexity index is 540. The van der Waals surface area contributed by atoms with E-state index in [1.54, 1.807) is 0 Å². The SMILES string of the molecule is O=C(O)C(c1ccc(F)cc1F)n1cccn1. The van der Waals surface area contributed by atoms with Gasteiger partial charge in [-0.2, -0.15) is 5.10 Å². The maximum atomic E-state index is 13.5. The van der Waals surface area contributed by atoms with Crippen LogP contribution in [-0.2, 0) is 4.79 Å². The Hall–Kier alpha value is -2.24. The normalized spacial score (nSPS) is 12.4. The monoisotopic (exact) mass is 238 g/mol. The minimum atomic E-state index is -1.30. The zero-order valence-electron chi connectivity index (χ0n) is 8.55. The quantitative estimate of drug-likeness (QED) is 0.887. The van der Waals surface area contributed by atoms with E-state index in [9.17, 15) is 13.6 Å². The summed E-state index contributed by atoms with van der Waals surface area (Å²) in [7, 11) is 0. The molecule has 2 rings (SSSR count). The molecule has 88 valence electrons. The minimum Gasteiger partial charge on any atom is -0.479 e. The topological polar surface area (TPSA) is 55.1 Å². The molecule has 0 fully saturated rings. The number of rotatable bonds is 3. The van der Waals surface area contributed by atoms with E-state index in [1.807, 2.05) is 0 Å². The van der Waals surface area contributed by atoms with Gasteiger partial charge in [0, 0.05) is 24.0 Å². The Morgan fingerprint density at radius 2 is 2.18 bits per heavy atom. The molecule has 1 aromatic carbocycles. The van der Waals surface area contributed by atoms with E-state index >= 15 is 0 Å². The summed E-state index contributed by atoms with van der Waals surface area (Å²) in [4.78, 5) is 11.1. The van der Waals surface area contributed by atoms with Crippen LogP contribution in [0.25, 0.3) is 0 Å². The van der Waals surface area contributed by atoms with Crippen LogP contribution in [0.15, 0.2) is 36.7 Å². The van der Waals surface area contributed by atoms with E-state index in [4.69, 9.17) is 5.11 Å². The number of carboxylic acids is 1. The van der Waals surface area contributed by atoms with Crippen LogP contribution in [0.5, 0.6) is 0 Å². The lowest BCUT2D eigenvalue weighted by Gasteiger charge is -2.14. The Morgan fingerprint density at radius 3 is 2.71 bits per heavy atom. The van der Waals surface area contributed by atoms with Crippen LogP contribution in [0, 0.1) is 11.6 Å². The molecule has 0 radical (unpaired) electrons. The number of hydrogen-bond acceptors (Lipinski definition) is 2.